The highest BCUT2D eigenvalue weighted by molar-refractivity contribution is 5.85. The van der Waals surface area contributed by atoms with E-state index < -0.39 is 0 Å². The van der Waals surface area contributed by atoms with Crippen LogP contribution >= 0.6 is 0 Å². The van der Waals surface area contributed by atoms with E-state index in [0.29, 0.717) is 11.8 Å². The van der Waals surface area contributed by atoms with Crippen molar-refractivity contribution in [3.63, 3.8) is 0 Å². The van der Waals surface area contributed by atoms with E-state index in [1.807, 2.05) is 41.5 Å². The van der Waals surface area contributed by atoms with Gasteiger partial charge in [-0.3, -0.25) is 9.59 Å². The number of piperidine rings is 1. The van der Waals surface area contributed by atoms with Gasteiger partial charge >= 0.3 is 0 Å². The van der Waals surface area contributed by atoms with Crippen molar-refractivity contribution in [2.24, 2.45) is 11.8 Å². The number of carbonyl (C=O) groups excluding carboxylic acids is 2. The van der Waals surface area contributed by atoms with E-state index in [2.05, 4.69) is 10.6 Å². The third kappa shape index (κ3) is 7.98. The molecule has 0 aromatic heterocycles. The number of amides is 1. The Morgan fingerprint density at radius 2 is 1.84 bits per heavy atom. The molecule has 2 N–H and O–H groups in total. The third-order valence-corrected chi connectivity index (χ3v) is 3.14. The first-order valence-corrected chi connectivity index (χ1v) is 7.33. The van der Waals surface area contributed by atoms with Crippen molar-refractivity contribution in [2.45, 2.75) is 66.5 Å². The SMILES string of the molecule is CC(C)NC(C)C(=O)C(C)C.CC1CCCNC1=O. The molecular formula is C15H30N2O2. The first-order valence-electron chi connectivity index (χ1n) is 7.33. The Morgan fingerprint density at radius 3 is 2.16 bits per heavy atom. The van der Waals surface area contributed by atoms with E-state index in [4.69, 9.17) is 0 Å². The van der Waals surface area contributed by atoms with Crippen molar-refractivity contribution >= 4 is 11.7 Å². The summed E-state index contributed by atoms with van der Waals surface area (Å²) < 4.78 is 0. The van der Waals surface area contributed by atoms with Crippen molar-refractivity contribution in [1.29, 1.82) is 0 Å². The minimum Gasteiger partial charge on any atom is -0.356 e. The quantitative estimate of drug-likeness (QED) is 0.823. The summed E-state index contributed by atoms with van der Waals surface area (Å²) in [5, 5.41) is 5.97. The van der Waals surface area contributed by atoms with Crippen LogP contribution in [-0.4, -0.2) is 30.3 Å². The Hall–Kier alpha value is -0.900. The molecule has 0 radical (unpaired) electrons. The van der Waals surface area contributed by atoms with Crippen molar-refractivity contribution in [2.75, 3.05) is 6.54 Å². The average Bonchev–Trinajstić information content (AvgIpc) is 2.31. The van der Waals surface area contributed by atoms with Gasteiger partial charge in [-0.25, -0.2) is 0 Å². The number of nitrogens with one attached hydrogen (secondary N) is 2. The van der Waals surface area contributed by atoms with Crippen LogP contribution < -0.4 is 10.6 Å². The molecule has 4 nitrogen and oxygen atoms in total. The Morgan fingerprint density at radius 1 is 1.26 bits per heavy atom. The third-order valence-electron chi connectivity index (χ3n) is 3.14. The molecule has 112 valence electrons. The summed E-state index contributed by atoms with van der Waals surface area (Å²) in [4.78, 5) is 22.0. The lowest BCUT2D eigenvalue weighted by atomic mass is 10.0. The molecule has 0 aliphatic carbocycles. The molecule has 1 aliphatic rings. The van der Waals surface area contributed by atoms with E-state index in [1.54, 1.807) is 0 Å². The average molecular weight is 270 g/mol. The molecule has 1 fully saturated rings. The summed E-state index contributed by atoms with van der Waals surface area (Å²) in [6.07, 6.45) is 2.21. The first kappa shape index (κ1) is 18.1. The number of Topliss-reactive ketones (excluding diaryl/α,β-unsaturated/α-hetero) is 1. The van der Waals surface area contributed by atoms with Crippen molar-refractivity contribution in [3.8, 4) is 0 Å². The first-order chi connectivity index (χ1) is 8.75. The summed E-state index contributed by atoms with van der Waals surface area (Å²) in [5.41, 5.74) is 0. The fraction of sp³-hybridized carbons (Fsp3) is 0.867. The van der Waals surface area contributed by atoms with Gasteiger partial charge in [-0.2, -0.15) is 0 Å². The Balaban J connectivity index is 0.000000356. The van der Waals surface area contributed by atoms with Gasteiger partial charge < -0.3 is 10.6 Å². The molecule has 0 bridgehead atoms. The van der Waals surface area contributed by atoms with Gasteiger partial charge in [0.2, 0.25) is 5.91 Å². The molecule has 0 aromatic rings. The van der Waals surface area contributed by atoms with Crippen LogP contribution in [0.3, 0.4) is 0 Å². The Kier molecular flexibility index (Phi) is 8.65. The highest BCUT2D eigenvalue weighted by Crippen LogP contribution is 2.08. The lowest BCUT2D eigenvalue weighted by molar-refractivity contribution is -0.126. The van der Waals surface area contributed by atoms with Crippen LogP contribution in [0.2, 0.25) is 0 Å². The van der Waals surface area contributed by atoms with E-state index >= 15 is 0 Å². The molecular weight excluding hydrogens is 240 g/mol. The second-order valence-corrected chi connectivity index (χ2v) is 5.93. The maximum absolute atomic E-state index is 11.3. The fourth-order valence-electron chi connectivity index (χ4n) is 2.01. The van der Waals surface area contributed by atoms with Crippen LogP contribution in [0.25, 0.3) is 0 Å². The molecule has 2 unspecified atom stereocenters. The molecule has 19 heavy (non-hydrogen) atoms. The van der Waals surface area contributed by atoms with Gasteiger partial charge in [-0.05, 0) is 19.8 Å². The molecule has 4 heteroatoms. The maximum atomic E-state index is 11.3. The largest absolute Gasteiger partial charge is 0.356 e. The van der Waals surface area contributed by atoms with Crippen molar-refractivity contribution in [3.05, 3.63) is 0 Å². The minimum atomic E-state index is -0.00463. The smallest absolute Gasteiger partial charge is 0.222 e. The molecule has 0 aromatic carbocycles. The van der Waals surface area contributed by atoms with Crippen LogP contribution in [0.1, 0.15) is 54.4 Å². The lowest BCUT2D eigenvalue weighted by Gasteiger charge is -2.17. The van der Waals surface area contributed by atoms with Crippen molar-refractivity contribution < 1.29 is 9.59 Å². The molecule has 0 spiro atoms. The highest BCUT2D eigenvalue weighted by atomic mass is 16.2. The zero-order valence-electron chi connectivity index (χ0n) is 13.2. The summed E-state index contributed by atoms with van der Waals surface area (Å²) in [7, 11) is 0. The standard InChI is InChI=1S/C9H19NO.C6H11NO/c1-6(2)9(11)8(5)10-7(3)4;1-5-3-2-4-7-6(5)8/h6-8,10H,1-5H3;5H,2-4H2,1H3,(H,7,8). The van der Waals surface area contributed by atoms with Crippen molar-refractivity contribution in [1.82, 2.24) is 10.6 Å². The minimum absolute atomic E-state index is 0.00463. The Bertz CT molecular complexity index is 288. The molecule has 1 amide bonds. The van der Waals surface area contributed by atoms with Gasteiger partial charge in [-0.1, -0.05) is 34.6 Å². The zero-order valence-corrected chi connectivity index (χ0v) is 13.2. The topological polar surface area (TPSA) is 58.2 Å². The normalized spacial score (nSPS) is 20.6. The number of hydrogen-bond donors (Lipinski definition) is 2. The lowest BCUT2D eigenvalue weighted by Crippen LogP contribution is -2.40. The van der Waals surface area contributed by atoms with Gasteiger partial charge in [0.1, 0.15) is 0 Å². The molecule has 2 atom stereocenters. The van der Waals surface area contributed by atoms with Gasteiger partial charge in [0.15, 0.2) is 5.78 Å². The van der Waals surface area contributed by atoms with Crippen LogP contribution in [0.4, 0.5) is 0 Å². The molecule has 1 heterocycles. The monoisotopic (exact) mass is 270 g/mol. The molecule has 0 saturated carbocycles. The van der Waals surface area contributed by atoms with Crippen LogP contribution in [0.5, 0.6) is 0 Å². The molecule has 1 saturated heterocycles. The van der Waals surface area contributed by atoms with E-state index in [9.17, 15) is 9.59 Å². The van der Waals surface area contributed by atoms with Gasteiger partial charge in [-0.15, -0.1) is 0 Å². The molecule has 1 aliphatic heterocycles. The second kappa shape index (κ2) is 9.08. The zero-order chi connectivity index (χ0) is 15.0. The summed E-state index contributed by atoms with van der Waals surface area (Å²) in [6, 6.07) is 0.377. The van der Waals surface area contributed by atoms with E-state index in [1.165, 1.54) is 0 Å². The van der Waals surface area contributed by atoms with Crippen LogP contribution in [-0.2, 0) is 9.59 Å². The summed E-state index contributed by atoms with van der Waals surface area (Å²) in [5.74, 6) is 0.898. The van der Waals surface area contributed by atoms with Gasteiger partial charge in [0.05, 0.1) is 6.04 Å². The van der Waals surface area contributed by atoms with Gasteiger partial charge in [0, 0.05) is 24.4 Å². The number of hydrogen-bond acceptors (Lipinski definition) is 3. The number of rotatable bonds is 4. The van der Waals surface area contributed by atoms with E-state index in [-0.39, 0.29) is 23.8 Å². The summed E-state index contributed by atoms with van der Waals surface area (Å²) >= 11 is 0. The molecule has 1 rings (SSSR count). The predicted octanol–water partition coefficient (Wildman–Crippen LogP) is 2.13. The Labute approximate surface area is 117 Å². The number of carbonyl (C=O) groups is 2. The maximum Gasteiger partial charge on any atom is 0.222 e. The van der Waals surface area contributed by atoms with E-state index in [0.717, 1.165) is 19.4 Å². The summed E-state index contributed by atoms with van der Waals surface area (Å²) in [6.45, 7) is 12.7. The number of ketones is 1. The van der Waals surface area contributed by atoms with Crippen LogP contribution in [0, 0.1) is 11.8 Å². The second-order valence-electron chi connectivity index (χ2n) is 5.93. The predicted molar refractivity (Wildman–Crippen MR) is 79.0 cm³/mol. The fourth-order valence-corrected chi connectivity index (χ4v) is 2.01. The van der Waals surface area contributed by atoms with Gasteiger partial charge in [0.25, 0.3) is 0 Å². The van der Waals surface area contributed by atoms with Crippen LogP contribution in [0.15, 0.2) is 0 Å². The highest BCUT2D eigenvalue weighted by Gasteiger charge is 2.16.